The third-order valence-corrected chi connectivity index (χ3v) is 6.17. The molecule has 2 atom stereocenters. The average Bonchev–Trinajstić information content (AvgIpc) is 3.13. The SMILES string of the molecule is CCNC(=NCc1ccc(CC)s1)NC1CCC(SC)C1.I. The van der Waals surface area contributed by atoms with Crippen LogP contribution < -0.4 is 10.6 Å². The van der Waals surface area contributed by atoms with E-state index >= 15 is 0 Å². The predicted molar refractivity (Wildman–Crippen MR) is 112 cm³/mol. The van der Waals surface area contributed by atoms with Crippen molar-refractivity contribution in [2.24, 2.45) is 4.99 Å². The van der Waals surface area contributed by atoms with Crippen molar-refractivity contribution in [3.8, 4) is 0 Å². The average molecular weight is 453 g/mol. The quantitative estimate of drug-likeness (QED) is 0.384. The van der Waals surface area contributed by atoms with E-state index in [-0.39, 0.29) is 24.0 Å². The molecular formula is C16H28IN3S2. The first-order valence-corrected chi connectivity index (χ1v) is 10.0. The summed E-state index contributed by atoms with van der Waals surface area (Å²) in [5.41, 5.74) is 0. The molecule has 2 N–H and O–H groups in total. The molecule has 126 valence electrons. The minimum Gasteiger partial charge on any atom is -0.357 e. The minimum absolute atomic E-state index is 0. The molecule has 0 aromatic carbocycles. The van der Waals surface area contributed by atoms with Crippen LogP contribution in [0.4, 0.5) is 0 Å². The Labute approximate surface area is 160 Å². The summed E-state index contributed by atoms with van der Waals surface area (Å²) in [5.74, 6) is 0.968. The van der Waals surface area contributed by atoms with Crippen LogP contribution in [0.2, 0.25) is 0 Å². The number of thioether (sulfide) groups is 1. The number of hydrogen-bond donors (Lipinski definition) is 2. The molecule has 3 nitrogen and oxygen atoms in total. The third kappa shape index (κ3) is 6.28. The van der Waals surface area contributed by atoms with E-state index in [0.717, 1.165) is 30.7 Å². The van der Waals surface area contributed by atoms with Gasteiger partial charge in [0.05, 0.1) is 6.54 Å². The fraction of sp³-hybridized carbons (Fsp3) is 0.688. The smallest absolute Gasteiger partial charge is 0.191 e. The molecule has 0 radical (unpaired) electrons. The standard InChI is InChI=1S/C16H27N3S2.HI/c1-4-13-8-9-15(21-13)11-18-16(17-5-2)19-12-6-7-14(10-12)20-3;/h8-9,12,14H,4-7,10-11H2,1-3H3,(H2,17,18,19);1H. The van der Waals surface area contributed by atoms with E-state index in [2.05, 4.69) is 42.9 Å². The molecule has 1 heterocycles. The van der Waals surface area contributed by atoms with Crippen LogP contribution in [-0.4, -0.2) is 30.1 Å². The summed E-state index contributed by atoms with van der Waals surface area (Å²) in [5, 5.41) is 7.79. The molecule has 1 aliphatic rings. The first-order chi connectivity index (χ1) is 10.2. The minimum atomic E-state index is 0. The molecule has 1 saturated carbocycles. The molecule has 2 unspecified atom stereocenters. The van der Waals surface area contributed by atoms with E-state index in [0.29, 0.717) is 6.04 Å². The van der Waals surface area contributed by atoms with E-state index < -0.39 is 0 Å². The van der Waals surface area contributed by atoms with Crippen molar-refractivity contribution in [3.63, 3.8) is 0 Å². The third-order valence-electron chi connectivity index (χ3n) is 3.86. The Hall–Kier alpha value is 0.0500. The Bertz CT molecular complexity index is 462. The van der Waals surface area contributed by atoms with Crippen LogP contribution in [0.5, 0.6) is 0 Å². The van der Waals surface area contributed by atoms with Crippen LogP contribution >= 0.6 is 47.1 Å². The highest BCUT2D eigenvalue weighted by molar-refractivity contribution is 14.0. The number of nitrogens with zero attached hydrogens (tertiary/aromatic N) is 1. The summed E-state index contributed by atoms with van der Waals surface area (Å²) >= 11 is 3.87. The highest BCUT2D eigenvalue weighted by atomic mass is 127. The molecule has 6 heteroatoms. The van der Waals surface area contributed by atoms with Gasteiger partial charge in [0, 0.05) is 27.6 Å². The van der Waals surface area contributed by atoms with Crippen molar-refractivity contribution in [2.75, 3.05) is 12.8 Å². The van der Waals surface area contributed by atoms with Crippen LogP contribution in [0.25, 0.3) is 0 Å². The van der Waals surface area contributed by atoms with E-state index in [1.54, 1.807) is 0 Å². The predicted octanol–water partition coefficient (Wildman–Crippen LogP) is 4.27. The number of hydrogen-bond acceptors (Lipinski definition) is 3. The summed E-state index contributed by atoms with van der Waals surface area (Å²) in [7, 11) is 0. The molecule has 0 saturated heterocycles. The fourth-order valence-electron chi connectivity index (χ4n) is 2.65. The molecule has 1 aromatic rings. The summed E-state index contributed by atoms with van der Waals surface area (Å²) in [6.45, 7) is 6.01. The largest absolute Gasteiger partial charge is 0.357 e. The zero-order chi connectivity index (χ0) is 15.1. The summed E-state index contributed by atoms with van der Waals surface area (Å²) in [6, 6.07) is 5.00. The van der Waals surface area contributed by atoms with Gasteiger partial charge >= 0.3 is 0 Å². The fourth-order valence-corrected chi connectivity index (χ4v) is 4.33. The van der Waals surface area contributed by atoms with Crippen LogP contribution in [0.1, 0.15) is 42.9 Å². The van der Waals surface area contributed by atoms with Crippen LogP contribution in [0.15, 0.2) is 17.1 Å². The van der Waals surface area contributed by atoms with E-state index in [1.807, 2.05) is 23.1 Å². The molecule has 2 rings (SSSR count). The highest BCUT2D eigenvalue weighted by Crippen LogP contribution is 2.28. The van der Waals surface area contributed by atoms with Gasteiger partial charge in [-0.2, -0.15) is 11.8 Å². The first kappa shape index (κ1) is 20.1. The number of aliphatic imine (C=N–C) groups is 1. The van der Waals surface area contributed by atoms with Gasteiger partial charge in [-0.3, -0.25) is 0 Å². The van der Waals surface area contributed by atoms with Crippen molar-refractivity contribution < 1.29 is 0 Å². The van der Waals surface area contributed by atoms with Gasteiger partial charge in [-0.05, 0) is 51.0 Å². The number of aryl methyl sites for hydroxylation is 1. The summed E-state index contributed by atoms with van der Waals surface area (Å²) in [4.78, 5) is 7.53. The lowest BCUT2D eigenvalue weighted by molar-refractivity contribution is 0.615. The van der Waals surface area contributed by atoms with Crippen molar-refractivity contribution in [2.45, 2.75) is 57.4 Å². The lowest BCUT2D eigenvalue weighted by Crippen LogP contribution is -2.42. The van der Waals surface area contributed by atoms with Crippen molar-refractivity contribution in [1.29, 1.82) is 0 Å². The van der Waals surface area contributed by atoms with Gasteiger partial charge in [-0.25, -0.2) is 4.99 Å². The maximum absolute atomic E-state index is 4.74. The second-order valence-electron chi connectivity index (χ2n) is 5.43. The number of nitrogens with one attached hydrogen (secondary N) is 2. The number of halogens is 1. The van der Waals surface area contributed by atoms with Gasteiger partial charge in [-0.15, -0.1) is 35.3 Å². The Morgan fingerprint density at radius 1 is 1.32 bits per heavy atom. The lowest BCUT2D eigenvalue weighted by Gasteiger charge is -2.17. The van der Waals surface area contributed by atoms with Crippen molar-refractivity contribution in [3.05, 3.63) is 21.9 Å². The maximum atomic E-state index is 4.74. The van der Waals surface area contributed by atoms with Crippen molar-refractivity contribution in [1.82, 2.24) is 10.6 Å². The molecule has 0 bridgehead atoms. The second-order valence-corrected chi connectivity index (χ2v) is 7.82. The summed E-state index contributed by atoms with van der Waals surface area (Å²) in [6.07, 6.45) is 7.17. The monoisotopic (exact) mass is 453 g/mol. The molecule has 1 aromatic heterocycles. The molecule has 0 amide bonds. The van der Waals surface area contributed by atoms with Crippen LogP contribution in [0, 0.1) is 0 Å². The van der Waals surface area contributed by atoms with Gasteiger partial charge in [-0.1, -0.05) is 6.92 Å². The van der Waals surface area contributed by atoms with E-state index in [1.165, 1.54) is 29.0 Å². The normalized spacial score (nSPS) is 21.5. The Kier molecular flexibility index (Phi) is 9.82. The Balaban J connectivity index is 0.00000242. The molecule has 0 aliphatic heterocycles. The molecule has 1 aliphatic carbocycles. The zero-order valence-corrected chi connectivity index (χ0v) is 17.7. The second kappa shape index (κ2) is 10.8. The van der Waals surface area contributed by atoms with Gasteiger partial charge in [0.2, 0.25) is 0 Å². The number of rotatable bonds is 6. The van der Waals surface area contributed by atoms with Gasteiger partial charge in [0.25, 0.3) is 0 Å². The zero-order valence-electron chi connectivity index (χ0n) is 13.7. The van der Waals surface area contributed by atoms with Gasteiger partial charge in [0.15, 0.2) is 5.96 Å². The van der Waals surface area contributed by atoms with E-state index in [4.69, 9.17) is 4.99 Å². The van der Waals surface area contributed by atoms with Gasteiger partial charge in [0.1, 0.15) is 0 Å². The molecule has 0 spiro atoms. The van der Waals surface area contributed by atoms with Crippen LogP contribution in [0.3, 0.4) is 0 Å². The lowest BCUT2D eigenvalue weighted by atomic mass is 10.2. The highest BCUT2D eigenvalue weighted by Gasteiger charge is 2.24. The number of thiophene rings is 1. The van der Waals surface area contributed by atoms with Crippen molar-refractivity contribution >= 4 is 53.0 Å². The van der Waals surface area contributed by atoms with Crippen LogP contribution in [-0.2, 0) is 13.0 Å². The van der Waals surface area contributed by atoms with Gasteiger partial charge < -0.3 is 10.6 Å². The Morgan fingerprint density at radius 2 is 2.09 bits per heavy atom. The Morgan fingerprint density at radius 3 is 2.68 bits per heavy atom. The summed E-state index contributed by atoms with van der Waals surface area (Å²) < 4.78 is 0. The number of guanidine groups is 1. The molecular weight excluding hydrogens is 425 g/mol. The topological polar surface area (TPSA) is 36.4 Å². The van der Waals surface area contributed by atoms with E-state index in [9.17, 15) is 0 Å². The molecule has 1 fully saturated rings. The maximum Gasteiger partial charge on any atom is 0.191 e. The molecule has 22 heavy (non-hydrogen) atoms. The first-order valence-electron chi connectivity index (χ1n) is 7.90.